The molecule has 0 aliphatic heterocycles. The molecule has 0 saturated heterocycles. The van der Waals surface area contributed by atoms with E-state index in [1.165, 1.54) is 5.56 Å². The van der Waals surface area contributed by atoms with Gasteiger partial charge in [-0.05, 0) is 48.7 Å². The molecular weight excluding hydrogens is 258 g/mol. The van der Waals surface area contributed by atoms with E-state index in [2.05, 4.69) is 45.5 Å². The summed E-state index contributed by atoms with van der Waals surface area (Å²) in [6.07, 6.45) is 13.0. The summed E-state index contributed by atoms with van der Waals surface area (Å²) in [5.41, 5.74) is 2.34. The number of nitrogens with zero attached hydrogens (tertiary/aromatic N) is 3. The fourth-order valence-electron chi connectivity index (χ4n) is 2.42. The van der Waals surface area contributed by atoms with Gasteiger partial charge >= 0.3 is 0 Å². The number of pyridine rings is 2. The smallest absolute Gasteiger partial charge is 0.0441 e. The van der Waals surface area contributed by atoms with Gasteiger partial charge in [0.15, 0.2) is 0 Å². The molecule has 1 atom stereocenters. The lowest BCUT2D eigenvalue weighted by Crippen LogP contribution is -2.09. The summed E-state index contributed by atoms with van der Waals surface area (Å²) in [7, 11) is 0. The van der Waals surface area contributed by atoms with Crippen LogP contribution in [-0.2, 0) is 13.0 Å². The summed E-state index contributed by atoms with van der Waals surface area (Å²) in [4.78, 5) is 8.72. The quantitative estimate of drug-likeness (QED) is 0.690. The van der Waals surface area contributed by atoms with Gasteiger partial charge in [-0.2, -0.15) is 0 Å². The van der Waals surface area contributed by atoms with E-state index in [9.17, 15) is 0 Å². The van der Waals surface area contributed by atoms with Gasteiger partial charge in [0.05, 0.1) is 0 Å². The zero-order valence-corrected chi connectivity index (χ0v) is 11.8. The van der Waals surface area contributed by atoms with Crippen LogP contribution >= 0.6 is 0 Å². The van der Waals surface area contributed by atoms with Crippen molar-refractivity contribution in [3.8, 4) is 0 Å². The molecule has 3 heteroatoms. The SMILES string of the molecule is [CH](Cn1cccc1)C(Cc1cccnc1)c1ccccn1. The van der Waals surface area contributed by atoms with Crippen molar-refractivity contribution in [2.75, 3.05) is 0 Å². The minimum Gasteiger partial charge on any atom is -0.354 e. The first-order valence-electron chi connectivity index (χ1n) is 7.16. The predicted molar refractivity (Wildman–Crippen MR) is 83.7 cm³/mol. The lowest BCUT2D eigenvalue weighted by Gasteiger charge is -2.16. The average Bonchev–Trinajstić information content (AvgIpc) is 3.07. The Morgan fingerprint density at radius 3 is 2.62 bits per heavy atom. The molecule has 1 unspecified atom stereocenters. The summed E-state index contributed by atoms with van der Waals surface area (Å²) in [6, 6.07) is 14.3. The monoisotopic (exact) mass is 276 g/mol. The van der Waals surface area contributed by atoms with Crippen molar-refractivity contribution < 1.29 is 0 Å². The van der Waals surface area contributed by atoms with E-state index in [4.69, 9.17) is 0 Å². The lowest BCUT2D eigenvalue weighted by atomic mass is 9.93. The Balaban J connectivity index is 1.74. The van der Waals surface area contributed by atoms with E-state index in [0.29, 0.717) is 0 Å². The first-order chi connectivity index (χ1) is 10.4. The van der Waals surface area contributed by atoms with E-state index >= 15 is 0 Å². The fraction of sp³-hybridized carbons (Fsp3) is 0.167. The minimum absolute atomic E-state index is 0.290. The second-order valence-electron chi connectivity index (χ2n) is 5.04. The van der Waals surface area contributed by atoms with Crippen LogP contribution in [0.4, 0.5) is 0 Å². The third-order valence-corrected chi connectivity index (χ3v) is 3.51. The molecule has 3 heterocycles. The molecule has 0 spiro atoms. The van der Waals surface area contributed by atoms with Gasteiger partial charge < -0.3 is 4.57 Å². The summed E-state index contributed by atoms with van der Waals surface area (Å²) in [5, 5.41) is 0. The molecule has 0 fully saturated rings. The van der Waals surface area contributed by atoms with Crippen LogP contribution in [0.3, 0.4) is 0 Å². The Hall–Kier alpha value is -2.42. The summed E-state index contributed by atoms with van der Waals surface area (Å²) in [5.74, 6) is 0.290. The second-order valence-corrected chi connectivity index (χ2v) is 5.04. The van der Waals surface area contributed by atoms with E-state index in [-0.39, 0.29) is 5.92 Å². The number of aromatic nitrogens is 3. The van der Waals surface area contributed by atoms with Gasteiger partial charge in [0.25, 0.3) is 0 Å². The van der Waals surface area contributed by atoms with Crippen LogP contribution in [0, 0.1) is 6.42 Å². The predicted octanol–water partition coefficient (Wildman–Crippen LogP) is 3.51. The molecule has 3 aromatic rings. The van der Waals surface area contributed by atoms with E-state index in [0.717, 1.165) is 18.7 Å². The standard InChI is InChI=1S/C18H18N3/c1-2-10-20-18(7-1)17(8-13-21-11-3-4-12-21)14-16-6-5-9-19-15-16/h1-12,15,17H,13-14H2. The molecule has 3 aromatic heterocycles. The number of hydrogen-bond donors (Lipinski definition) is 0. The van der Waals surface area contributed by atoms with Crippen LogP contribution in [-0.4, -0.2) is 14.5 Å². The summed E-state index contributed by atoms with van der Waals surface area (Å²) in [6.45, 7) is 0.883. The molecule has 21 heavy (non-hydrogen) atoms. The maximum atomic E-state index is 4.51. The highest BCUT2D eigenvalue weighted by molar-refractivity contribution is 5.20. The van der Waals surface area contributed by atoms with Crippen LogP contribution < -0.4 is 0 Å². The lowest BCUT2D eigenvalue weighted by molar-refractivity contribution is 0.658. The molecule has 0 aliphatic rings. The van der Waals surface area contributed by atoms with Crippen molar-refractivity contribution in [3.63, 3.8) is 0 Å². The van der Waals surface area contributed by atoms with Crippen molar-refractivity contribution in [2.24, 2.45) is 0 Å². The molecule has 0 saturated carbocycles. The zero-order chi connectivity index (χ0) is 14.3. The third kappa shape index (κ3) is 3.78. The van der Waals surface area contributed by atoms with Gasteiger partial charge in [-0.3, -0.25) is 9.97 Å². The molecule has 3 rings (SSSR count). The van der Waals surface area contributed by atoms with E-state index in [1.807, 2.05) is 48.9 Å². The second kappa shape index (κ2) is 6.84. The maximum Gasteiger partial charge on any atom is 0.0441 e. The van der Waals surface area contributed by atoms with Crippen LogP contribution in [0.5, 0.6) is 0 Å². The zero-order valence-electron chi connectivity index (χ0n) is 11.8. The van der Waals surface area contributed by atoms with Crippen molar-refractivity contribution in [3.05, 3.63) is 91.1 Å². The topological polar surface area (TPSA) is 30.7 Å². The maximum absolute atomic E-state index is 4.51. The minimum atomic E-state index is 0.290. The van der Waals surface area contributed by atoms with Crippen molar-refractivity contribution in [1.29, 1.82) is 0 Å². The van der Waals surface area contributed by atoms with Gasteiger partial charge in [0.2, 0.25) is 0 Å². The molecule has 1 radical (unpaired) electrons. The van der Waals surface area contributed by atoms with Crippen molar-refractivity contribution in [1.82, 2.24) is 14.5 Å². The van der Waals surface area contributed by atoms with Crippen LogP contribution in [0.25, 0.3) is 0 Å². The molecule has 0 aliphatic carbocycles. The Morgan fingerprint density at radius 2 is 1.90 bits per heavy atom. The van der Waals surface area contributed by atoms with Crippen LogP contribution in [0.15, 0.2) is 73.4 Å². The highest BCUT2D eigenvalue weighted by atomic mass is 14.9. The molecule has 3 nitrogen and oxygen atoms in total. The number of rotatable bonds is 6. The molecule has 105 valence electrons. The van der Waals surface area contributed by atoms with Gasteiger partial charge in [0, 0.05) is 49.1 Å². The van der Waals surface area contributed by atoms with Gasteiger partial charge in [-0.25, -0.2) is 0 Å². The first-order valence-corrected chi connectivity index (χ1v) is 7.16. The Labute approximate surface area is 125 Å². The van der Waals surface area contributed by atoms with Crippen molar-refractivity contribution >= 4 is 0 Å². The van der Waals surface area contributed by atoms with Crippen LogP contribution in [0.1, 0.15) is 17.2 Å². The largest absolute Gasteiger partial charge is 0.354 e. The van der Waals surface area contributed by atoms with Gasteiger partial charge in [-0.15, -0.1) is 0 Å². The molecular formula is C18H18N3. The highest BCUT2D eigenvalue weighted by Gasteiger charge is 2.14. The molecule has 0 bridgehead atoms. The molecule has 0 aromatic carbocycles. The van der Waals surface area contributed by atoms with Crippen molar-refractivity contribution in [2.45, 2.75) is 18.9 Å². The Bertz CT molecular complexity index is 633. The average molecular weight is 276 g/mol. The van der Waals surface area contributed by atoms with Gasteiger partial charge in [0.1, 0.15) is 0 Å². The van der Waals surface area contributed by atoms with Gasteiger partial charge in [-0.1, -0.05) is 12.1 Å². The van der Waals surface area contributed by atoms with E-state index < -0.39 is 0 Å². The Kier molecular flexibility index (Phi) is 4.42. The highest BCUT2D eigenvalue weighted by Crippen LogP contribution is 2.22. The fourth-order valence-corrected chi connectivity index (χ4v) is 2.42. The van der Waals surface area contributed by atoms with E-state index in [1.54, 1.807) is 0 Å². The first kappa shape index (κ1) is 13.6. The molecule has 0 N–H and O–H groups in total. The van der Waals surface area contributed by atoms with Crippen LogP contribution in [0.2, 0.25) is 0 Å². The number of hydrogen-bond acceptors (Lipinski definition) is 2. The third-order valence-electron chi connectivity index (χ3n) is 3.51. The molecule has 0 amide bonds. The summed E-state index contributed by atoms with van der Waals surface area (Å²) >= 11 is 0. The Morgan fingerprint density at radius 1 is 1.00 bits per heavy atom. The normalized spacial score (nSPS) is 12.2. The summed E-state index contributed by atoms with van der Waals surface area (Å²) < 4.78 is 2.17.